The minimum absolute atomic E-state index is 0.00989. The third-order valence-corrected chi connectivity index (χ3v) is 3.29. The minimum atomic E-state index is -0.452. The highest BCUT2D eigenvalue weighted by molar-refractivity contribution is 6.30. The third kappa shape index (κ3) is 6.03. The molecule has 0 aliphatic heterocycles. The van der Waals surface area contributed by atoms with Gasteiger partial charge in [0.1, 0.15) is 5.82 Å². The van der Waals surface area contributed by atoms with Crippen molar-refractivity contribution in [1.82, 2.24) is 5.32 Å². The number of hydrogen-bond donors (Lipinski definition) is 2. The van der Waals surface area contributed by atoms with Gasteiger partial charge in [0.15, 0.2) is 0 Å². The van der Waals surface area contributed by atoms with Gasteiger partial charge < -0.3 is 11.1 Å². The second-order valence-corrected chi connectivity index (χ2v) is 5.15. The van der Waals surface area contributed by atoms with Gasteiger partial charge in [-0.25, -0.2) is 4.39 Å². The topological polar surface area (TPSA) is 55.1 Å². The summed E-state index contributed by atoms with van der Waals surface area (Å²) < 4.78 is 13.0. The quantitative estimate of drug-likeness (QED) is 0.810. The molecule has 0 aliphatic carbocycles. The van der Waals surface area contributed by atoms with Crippen LogP contribution in [0.4, 0.5) is 4.39 Å². The Balaban J connectivity index is 2.31. The van der Waals surface area contributed by atoms with Crippen molar-refractivity contribution in [3.05, 3.63) is 34.6 Å². The molecule has 106 valence electrons. The summed E-state index contributed by atoms with van der Waals surface area (Å²) in [6.45, 7) is 3.10. The Kier molecular flexibility index (Phi) is 6.81. The van der Waals surface area contributed by atoms with Crippen LogP contribution < -0.4 is 11.1 Å². The molecular formula is C14H20ClFN2O. The van der Waals surface area contributed by atoms with E-state index in [1.807, 2.05) is 0 Å². The van der Waals surface area contributed by atoms with Gasteiger partial charge in [0, 0.05) is 13.0 Å². The van der Waals surface area contributed by atoms with Crippen LogP contribution in [-0.4, -0.2) is 12.5 Å². The van der Waals surface area contributed by atoms with E-state index in [0.717, 1.165) is 18.4 Å². The van der Waals surface area contributed by atoms with Crippen molar-refractivity contribution in [1.29, 1.82) is 0 Å². The molecular weight excluding hydrogens is 267 g/mol. The third-order valence-electron chi connectivity index (χ3n) is 3.00. The molecule has 0 saturated heterocycles. The number of carbonyl (C=O) groups excluding carboxylic acids is 1. The molecule has 1 aromatic carbocycles. The van der Waals surface area contributed by atoms with Gasteiger partial charge in [-0.05, 0) is 43.0 Å². The van der Waals surface area contributed by atoms with E-state index in [4.69, 9.17) is 17.3 Å². The molecule has 1 aromatic rings. The Hall–Kier alpha value is -1.13. The van der Waals surface area contributed by atoms with E-state index in [1.54, 1.807) is 6.07 Å². The normalized spacial score (nSPS) is 12.2. The van der Waals surface area contributed by atoms with Crippen LogP contribution in [0.2, 0.25) is 5.02 Å². The Bertz CT molecular complexity index is 426. The van der Waals surface area contributed by atoms with Gasteiger partial charge in [0.05, 0.1) is 5.02 Å². The summed E-state index contributed by atoms with van der Waals surface area (Å²) in [4.78, 5) is 11.6. The molecule has 0 saturated carbocycles. The van der Waals surface area contributed by atoms with Crippen molar-refractivity contribution in [3.63, 3.8) is 0 Å². The fourth-order valence-corrected chi connectivity index (χ4v) is 1.95. The molecule has 0 fully saturated rings. The molecule has 1 atom stereocenters. The monoisotopic (exact) mass is 286 g/mol. The summed E-state index contributed by atoms with van der Waals surface area (Å²) in [6, 6.07) is 4.43. The maximum atomic E-state index is 13.0. The van der Waals surface area contributed by atoms with Gasteiger partial charge in [-0.2, -0.15) is 0 Å². The highest BCUT2D eigenvalue weighted by Gasteiger charge is 2.07. The van der Waals surface area contributed by atoms with Crippen molar-refractivity contribution < 1.29 is 9.18 Å². The lowest BCUT2D eigenvalue weighted by atomic mass is 10.0. The molecule has 5 heteroatoms. The lowest BCUT2D eigenvalue weighted by Gasteiger charge is -2.10. The number of amides is 1. The second kappa shape index (κ2) is 8.12. The van der Waals surface area contributed by atoms with Crippen molar-refractivity contribution in [2.75, 3.05) is 6.54 Å². The van der Waals surface area contributed by atoms with Crippen LogP contribution in [0.1, 0.15) is 31.7 Å². The predicted octanol–water partition coefficient (Wildman–Crippen LogP) is 2.86. The first kappa shape index (κ1) is 15.9. The number of rotatable bonds is 7. The van der Waals surface area contributed by atoms with Crippen LogP contribution in [0, 0.1) is 11.7 Å². The molecule has 1 amide bonds. The van der Waals surface area contributed by atoms with Gasteiger partial charge in [0.25, 0.3) is 0 Å². The Morgan fingerprint density at radius 1 is 1.47 bits per heavy atom. The zero-order valence-corrected chi connectivity index (χ0v) is 11.8. The molecule has 1 unspecified atom stereocenters. The highest BCUT2D eigenvalue weighted by Crippen LogP contribution is 2.16. The number of benzene rings is 1. The van der Waals surface area contributed by atoms with Crippen molar-refractivity contribution in [2.24, 2.45) is 11.7 Å². The maximum Gasteiger partial charge on any atom is 0.220 e. The van der Waals surface area contributed by atoms with E-state index in [2.05, 4.69) is 12.2 Å². The number of nitrogens with two attached hydrogens (primary N) is 1. The Labute approximate surface area is 118 Å². The van der Waals surface area contributed by atoms with E-state index in [0.29, 0.717) is 25.4 Å². The zero-order chi connectivity index (χ0) is 14.3. The van der Waals surface area contributed by atoms with Gasteiger partial charge in [-0.15, -0.1) is 0 Å². The Morgan fingerprint density at radius 3 is 2.84 bits per heavy atom. The minimum Gasteiger partial charge on any atom is -0.352 e. The average molecular weight is 287 g/mol. The van der Waals surface area contributed by atoms with Crippen molar-refractivity contribution in [2.45, 2.75) is 32.7 Å². The van der Waals surface area contributed by atoms with E-state index in [9.17, 15) is 9.18 Å². The molecule has 0 heterocycles. The van der Waals surface area contributed by atoms with Crippen LogP contribution in [0.15, 0.2) is 18.2 Å². The first-order valence-corrected chi connectivity index (χ1v) is 6.81. The smallest absolute Gasteiger partial charge is 0.220 e. The number of carbonyl (C=O) groups is 1. The predicted molar refractivity (Wildman–Crippen MR) is 75.3 cm³/mol. The van der Waals surface area contributed by atoms with E-state index in [-0.39, 0.29) is 10.9 Å². The van der Waals surface area contributed by atoms with Crippen LogP contribution >= 0.6 is 11.6 Å². The van der Waals surface area contributed by atoms with E-state index >= 15 is 0 Å². The molecule has 3 N–H and O–H groups in total. The number of halogens is 2. The molecule has 0 radical (unpaired) electrons. The van der Waals surface area contributed by atoms with Crippen LogP contribution in [0.5, 0.6) is 0 Å². The van der Waals surface area contributed by atoms with Gasteiger partial charge in [0.2, 0.25) is 5.91 Å². The molecule has 1 rings (SSSR count). The average Bonchev–Trinajstić information content (AvgIpc) is 2.38. The first-order valence-electron chi connectivity index (χ1n) is 6.43. The number of hydrogen-bond acceptors (Lipinski definition) is 2. The molecule has 0 spiro atoms. The highest BCUT2D eigenvalue weighted by atomic mass is 35.5. The van der Waals surface area contributed by atoms with Gasteiger partial charge in [-0.1, -0.05) is 24.6 Å². The van der Waals surface area contributed by atoms with E-state index in [1.165, 1.54) is 12.1 Å². The fraction of sp³-hybridized carbons (Fsp3) is 0.500. The van der Waals surface area contributed by atoms with Crippen molar-refractivity contribution in [3.8, 4) is 0 Å². The summed E-state index contributed by atoms with van der Waals surface area (Å²) >= 11 is 5.67. The van der Waals surface area contributed by atoms with Crippen LogP contribution in [0.3, 0.4) is 0 Å². The summed E-state index contributed by atoms with van der Waals surface area (Å²) in [6.07, 6.45) is 2.24. The largest absolute Gasteiger partial charge is 0.352 e. The molecule has 0 aromatic heterocycles. The lowest BCUT2D eigenvalue weighted by Crippen LogP contribution is -2.23. The molecule has 19 heavy (non-hydrogen) atoms. The van der Waals surface area contributed by atoms with Gasteiger partial charge in [-0.3, -0.25) is 4.79 Å². The number of nitrogens with one attached hydrogen (secondary N) is 1. The fourth-order valence-electron chi connectivity index (χ4n) is 1.74. The van der Waals surface area contributed by atoms with Crippen LogP contribution in [-0.2, 0) is 11.3 Å². The molecule has 0 bridgehead atoms. The maximum absolute atomic E-state index is 13.0. The van der Waals surface area contributed by atoms with Crippen molar-refractivity contribution >= 4 is 17.5 Å². The first-order chi connectivity index (χ1) is 9.02. The second-order valence-electron chi connectivity index (χ2n) is 4.75. The summed E-state index contributed by atoms with van der Waals surface area (Å²) in [5, 5.41) is 2.86. The molecule has 0 aliphatic rings. The summed E-state index contributed by atoms with van der Waals surface area (Å²) in [5.74, 6) is -0.00677. The standard InChI is InChI=1S/C14H20ClFN2O/c1-10(6-7-17)2-5-14(19)18-9-11-3-4-13(16)12(15)8-11/h3-4,8,10H,2,5-7,9,17H2,1H3,(H,18,19). The van der Waals surface area contributed by atoms with Gasteiger partial charge >= 0.3 is 0 Å². The summed E-state index contributed by atoms with van der Waals surface area (Å²) in [7, 11) is 0. The SMILES string of the molecule is CC(CCN)CCC(=O)NCc1ccc(F)c(Cl)c1. The Morgan fingerprint density at radius 2 is 2.21 bits per heavy atom. The summed E-state index contributed by atoms with van der Waals surface area (Å²) in [5.41, 5.74) is 6.24. The molecule has 3 nitrogen and oxygen atoms in total. The van der Waals surface area contributed by atoms with E-state index < -0.39 is 5.82 Å². The van der Waals surface area contributed by atoms with Crippen LogP contribution in [0.25, 0.3) is 0 Å². The lowest BCUT2D eigenvalue weighted by molar-refractivity contribution is -0.121. The zero-order valence-electron chi connectivity index (χ0n) is 11.1.